The number of hydrogen-bond acceptors (Lipinski definition) is 5. The highest BCUT2D eigenvalue weighted by Gasteiger charge is 2.55. The monoisotopic (exact) mass is 264 g/mol. The first-order chi connectivity index (χ1) is 9.09. The van der Waals surface area contributed by atoms with Crippen LogP contribution in [0.3, 0.4) is 0 Å². The van der Waals surface area contributed by atoms with Gasteiger partial charge in [0.15, 0.2) is 6.10 Å². The van der Waals surface area contributed by atoms with Gasteiger partial charge in [0, 0.05) is 0 Å². The van der Waals surface area contributed by atoms with Crippen molar-refractivity contribution in [1.82, 2.24) is 0 Å². The lowest BCUT2D eigenvalue weighted by molar-refractivity contribution is -0.204. The summed E-state index contributed by atoms with van der Waals surface area (Å²) in [5.74, 6) is -0.961. The van der Waals surface area contributed by atoms with Gasteiger partial charge in [-0.15, -0.1) is 0 Å². The molecule has 2 fully saturated rings. The van der Waals surface area contributed by atoms with Crippen LogP contribution in [0.15, 0.2) is 30.3 Å². The molecule has 0 amide bonds. The third kappa shape index (κ3) is 1.94. The summed E-state index contributed by atoms with van der Waals surface area (Å²) in [5.41, 5.74) is 0.802. The molecule has 5 nitrogen and oxygen atoms in total. The van der Waals surface area contributed by atoms with E-state index in [0.29, 0.717) is 0 Å². The highest BCUT2D eigenvalue weighted by Crippen LogP contribution is 2.39. The van der Waals surface area contributed by atoms with E-state index in [1.807, 2.05) is 30.3 Å². The maximum absolute atomic E-state index is 12.0. The molecule has 2 N–H and O–H groups in total. The average molecular weight is 264 g/mol. The molecule has 1 aromatic rings. The molecule has 0 saturated carbocycles. The lowest BCUT2D eigenvalue weighted by atomic mass is 9.87. The van der Waals surface area contributed by atoms with E-state index in [2.05, 4.69) is 0 Å². The summed E-state index contributed by atoms with van der Waals surface area (Å²) >= 11 is 0. The van der Waals surface area contributed by atoms with Gasteiger partial charge in [-0.3, -0.25) is 4.79 Å². The topological polar surface area (TPSA) is 76.0 Å². The minimum Gasteiger partial charge on any atom is -0.456 e. The third-order valence-electron chi connectivity index (χ3n) is 3.86. The van der Waals surface area contributed by atoms with Crippen molar-refractivity contribution < 1.29 is 24.5 Å². The Hall–Kier alpha value is -1.43. The van der Waals surface area contributed by atoms with Crippen molar-refractivity contribution in [2.24, 2.45) is 0 Å². The van der Waals surface area contributed by atoms with Gasteiger partial charge in [0.2, 0.25) is 0 Å². The standard InChI is InChI=1S/C14H16O5/c1-7-10(15)11(16)13-12(18-7)9(14(17)19-13)8-5-3-2-4-6-8/h2-7,9-13,15-16H,1H3/t7-,9+,10-,11-,12-,13+/m1/s1. The van der Waals surface area contributed by atoms with Gasteiger partial charge in [-0.25, -0.2) is 0 Å². The van der Waals surface area contributed by atoms with Crippen LogP contribution >= 0.6 is 0 Å². The lowest BCUT2D eigenvalue weighted by Gasteiger charge is -2.38. The Balaban J connectivity index is 1.93. The SMILES string of the molecule is C[C@H]1O[C@H]2[C@@H](OC(=O)[C@H]2c2ccccc2)[C@H](O)[C@@H]1O. The van der Waals surface area contributed by atoms with Crippen LogP contribution in [0, 0.1) is 0 Å². The molecule has 0 aliphatic carbocycles. The predicted molar refractivity (Wildman–Crippen MR) is 65.4 cm³/mol. The molecule has 0 unspecified atom stereocenters. The van der Waals surface area contributed by atoms with Crippen LogP contribution in [-0.4, -0.2) is 46.7 Å². The Morgan fingerprint density at radius 3 is 2.42 bits per heavy atom. The van der Waals surface area contributed by atoms with Crippen LogP contribution in [0.5, 0.6) is 0 Å². The number of aliphatic hydroxyl groups is 2. The molecule has 0 spiro atoms. The minimum absolute atomic E-state index is 0.415. The second-order valence-electron chi connectivity index (χ2n) is 5.08. The molecule has 2 heterocycles. The largest absolute Gasteiger partial charge is 0.456 e. The Morgan fingerprint density at radius 1 is 1.05 bits per heavy atom. The summed E-state index contributed by atoms with van der Waals surface area (Å²) in [6.07, 6.45) is -4.03. The molecule has 0 radical (unpaired) electrons. The van der Waals surface area contributed by atoms with Gasteiger partial charge in [-0.05, 0) is 12.5 Å². The Bertz CT molecular complexity index is 474. The van der Waals surface area contributed by atoms with Gasteiger partial charge >= 0.3 is 5.97 Å². The molecule has 5 heteroatoms. The summed E-state index contributed by atoms with van der Waals surface area (Å²) in [6.45, 7) is 1.68. The summed E-state index contributed by atoms with van der Waals surface area (Å²) in [5, 5.41) is 19.8. The summed E-state index contributed by atoms with van der Waals surface area (Å²) < 4.78 is 10.9. The summed E-state index contributed by atoms with van der Waals surface area (Å²) in [4.78, 5) is 12.0. The maximum atomic E-state index is 12.0. The van der Waals surface area contributed by atoms with Crippen LogP contribution in [0.4, 0.5) is 0 Å². The molecular formula is C14H16O5. The van der Waals surface area contributed by atoms with E-state index in [0.717, 1.165) is 5.56 Å². The fraction of sp³-hybridized carbons (Fsp3) is 0.500. The van der Waals surface area contributed by atoms with Gasteiger partial charge in [0.05, 0.1) is 6.10 Å². The van der Waals surface area contributed by atoms with Crippen molar-refractivity contribution in [3.05, 3.63) is 35.9 Å². The van der Waals surface area contributed by atoms with Gasteiger partial charge in [-0.1, -0.05) is 30.3 Å². The van der Waals surface area contributed by atoms with E-state index in [1.54, 1.807) is 6.92 Å². The number of ether oxygens (including phenoxy) is 2. The van der Waals surface area contributed by atoms with E-state index in [-0.39, 0.29) is 0 Å². The normalized spacial score (nSPS) is 41.7. The number of aliphatic hydroxyl groups excluding tert-OH is 2. The van der Waals surface area contributed by atoms with E-state index < -0.39 is 42.4 Å². The zero-order chi connectivity index (χ0) is 13.6. The summed E-state index contributed by atoms with van der Waals surface area (Å²) in [6, 6.07) is 9.21. The van der Waals surface area contributed by atoms with Crippen molar-refractivity contribution in [3.8, 4) is 0 Å². The predicted octanol–water partition coefficient (Wildman–Crippen LogP) is 0.205. The quantitative estimate of drug-likeness (QED) is 0.709. The fourth-order valence-corrected chi connectivity index (χ4v) is 2.80. The van der Waals surface area contributed by atoms with Gasteiger partial charge in [0.1, 0.15) is 24.2 Å². The van der Waals surface area contributed by atoms with Gasteiger partial charge < -0.3 is 19.7 Å². The first-order valence-electron chi connectivity index (χ1n) is 6.36. The highest BCUT2D eigenvalue weighted by molar-refractivity contribution is 5.81. The Morgan fingerprint density at radius 2 is 1.74 bits per heavy atom. The van der Waals surface area contributed by atoms with Crippen LogP contribution in [0.1, 0.15) is 18.4 Å². The third-order valence-corrected chi connectivity index (χ3v) is 3.86. The molecule has 0 aromatic heterocycles. The molecule has 0 bridgehead atoms. The molecular weight excluding hydrogens is 248 g/mol. The zero-order valence-corrected chi connectivity index (χ0v) is 10.5. The van der Waals surface area contributed by atoms with E-state index in [4.69, 9.17) is 9.47 Å². The van der Waals surface area contributed by atoms with Crippen LogP contribution in [0.2, 0.25) is 0 Å². The van der Waals surface area contributed by atoms with Crippen LogP contribution in [0.25, 0.3) is 0 Å². The highest BCUT2D eigenvalue weighted by atomic mass is 16.6. The maximum Gasteiger partial charge on any atom is 0.316 e. The minimum atomic E-state index is -1.11. The lowest BCUT2D eigenvalue weighted by Crippen LogP contribution is -2.55. The van der Waals surface area contributed by atoms with Crippen molar-refractivity contribution in [1.29, 1.82) is 0 Å². The molecule has 2 saturated heterocycles. The Kier molecular flexibility index (Phi) is 3.05. The molecule has 102 valence electrons. The molecule has 2 aliphatic rings. The zero-order valence-electron chi connectivity index (χ0n) is 10.5. The Labute approximate surface area is 110 Å². The number of rotatable bonds is 1. The molecule has 3 rings (SSSR count). The number of carbonyl (C=O) groups excluding carboxylic acids is 1. The van der Waals surface area contributed by atoms with Crippen LogP contribution in [-0.2, 0) is 14.3 Å². The van der Waals surface area contributed by atoms with E-state index in [1.165, 1.54) is 0 Å². The second kappa shape index (κ2) is 4.59. The number of esters is 1. The first kappa shape index (κ1) is 12.6. The summed E-state index contributed by atoms with van der Waals surface area (Å²) in [7, 11) is 0. The van der Waals surface area contributed by atoms with Crippen molar-refractivity contribution >= 4 is 5.97 Å². The van der Waals surface area contributed by atoms with Crippen LogP contribution < -0.4 is 0 Å². The van der Waals surface area contributed by atoms with Gasteiger partial charge in [0.25, 0.3) is 0 Å². The van der Waals surface area contributed by atoms with Crippen molar-refractivity contribution in [3.63, 3.8) is 0 Å². The molecule has 6 atom stereocenters. The number of fused-ring (bicyclic) bond motifs is 1. The first-order valence-corrected chi connectivity index (χ1v) is 6.36. The number of benzene rings is 1. The molecule has 19 heavy (non-hydrogen) atoms. The fourth-order valence-electron chi connectivity index (χ4n) is 2.80. The molecule has 1 aromatic carbocycles. The van der Waals surface area contributed by atoms with Crippen molar-refractivity contribution in [2.45, 2.75) is 43.4 Å². The van der Waals surface area contributed by atoms with E-state index >= 15 is 0 Å². The number of carbonyl (C=O) groups is 1. The van der Waals surface area contributed by atoms with Gasteiger partial charge in [-0.2, -0.15) is 0 Å². The number of hydrogen-bond donors (Lipinski definition) is 2. The smallest absolute Gasteiger partial charge is 0.316 e. The van der Waals surface area contributed by atoms with E-state index in [9.17, 15) is 15.0 Å². The molecule has 2 aliphatic heterocycles. The second-order valence-corrected chi connectivity index (χ2v) is 5.08. The average Bonchev–Trinajstić information content (AvgIpc) is 2.74. The van der Waals surface area contributed by atoms with Crippen molar-refractivity contribution in [2.75, 3.05) is 0 Å².